The van der Waals surface area contributed by atoms with Crippen molar-refractivity contribution in [1.29, 1.82) is 0 Å². The Balaban J connectivity index is 1.84. The summed E-state index contributed by atoms with van der Waals surface area (Å²) in [7, 11) is 5.36. The molecule has 132 valence electrons. The largest absolute Gasteiger partial charge is 0.453 e. The van der Waals surface area contributed by atoms with Crippen LogP contribution in [0.5, 0.6) is 0 Å². The van der Waals surface area contributed by atoms with E-state index in [0.717, 1.165) is 29.8 Å². The molecule has 0 aromatic heterocycles. The van der Waals surface area contributed by atoms with Gasteiger partial charge in [-0.1, -0.05) is 0 Å². The summed E-state index contributed by atoms with van der Waals surface area (Å²) in [4.78, 5) is 27.3. The lowest BCUT2D eigenvalue weighted by molar-refractivity contribution is 0.110. The zero-order valence-electron chi connectivity index (χ0n) is 14.8. The van der Waals surface area contributed by atoms with Gasteiger partial charge in [-0.2, -0.15) is 0 Å². The minimum atomic E-state index is -0.311. The van der Waals surface area contributed by atoms with Crippen LogP contribution in [0.1, 0.15) is 18.4 Å². The Morgan fingerprint density at radius 3 is 2.46 bits per heavy atom. The molecule has 0 aliphatic carbocycles. The summed E-state index contributed by atoms with van der Waals surface area (Å²) in [5.41, 5.74) is 2.99. The predicted octanol–water partition coefficient (Wildman–Crippen LogP) is 2.41. The van der Waals surface area contributed by atoms with Gasteiger partial charge in [-0.3, -0.25) is 0 Å². The van der Waals surface area contributed by atoms with Crippen molar-refractivity contribution >= 4 is 23.5 Å². The van der Waals surface area contributed by atoms with Crippen LogP contribution in [0.25, 0.3) is 0 Å². The molecule has 7 heteroatoms. The van der Waals surface area contributed by atoms with Crippen LogP contribution < -0.4 is 15.5 Å². The average molecular weight is 334 g/mol. The average Bonchev–Trinajstić information content (AvgIpc) is 2.54. The highest BCUT2D eigenvalue weighted by Crippen LogP contribution is 2.21. The number of hydrogen-bond donors (Lipinski definition) is 2. The van der Waals surface area contributed by atoms with Crippen molar-refractivity contribution in [1.82, 2.24) is 10.2 Å². The number of hydrogen-bond acceptors (Lipinski definition) is 4. The standard InChI is InChI=1S/C17H26N4O3/c1-12-11-14(5-6-15(12)20(2)3)19-16(22)18-13-7-9-21(10-8-13)17(23)24-4/h5-6,11,13H,7-10H2,1-4H3,(H2,18,19,22). The van der Waals surface area contributed by atoms with Crippen molar-refractivity contribution in [3.05, 3.63) is 23.8 Å². The fraction of sp³-hybridized carbons (Fsp3) is 0.529. The summed E-state index contributed by atoms with van der Waals surface area (Å²) in [5, 5.41) is 5.83. The Bertz CT molecular complexity index is 595. The SMILES string of the molecule is COC(=O)N1CCC(NC(=O)Nc2ccc(N(C)C)c(C)c2)CC1. The van der Waals surface area contributed by atoms with E-state index in [4.69, 9.17) is 4.74 Å². The fourth-order valence-corrected chi connectivity index (χ4v) is 2.92. The maximum Gasteiger partial charge on any atom is 0.409 e. The van der Waals surface area contributed by atoms with Gasteiger partial charge in [0.2, 0.25) is 0 Å². The van der Waals surface area contributed by atoms with E-state index in [0.29, 0.717) is 13.1 Å². The second-order valence-electron chi connectivity index (χ2n) is 6.23. The molecule has 0 bridgehead atoms. The Morgan fingerprint density at radius 2 is 1.92 bits per heavy atom. The van der Waals surface area contributed by atoms with Gasteiger partial charge in [0.05, 0.1) is 7.11 Å². The molecule has 7 nitrogen and oxygen atoms in total. The third-order valence-electron chi connectivity index (χ3n) is 4.20. The highest BCUT2D eigenvalue weighted by Gasteiger charge is 2.24. The van der Waals surface area contributed by atoms with Gasteiger partial charge in [0.25, 0.3) is 0 Å². The third kappa shape index (κ3) is 4.53. The number of likely N-dealkylation sites (tertiary alicyclic amines) is 1. The van der Waals surface area contributed by atoms with Crippen LogP contribution >= 0.6 is 0 Å². The number of anilines is 2. The Morgan fingerprint density at radius 1 is 1.25 bits per heavy atom. The zero-order valence-corrected chi connectivity index (χ0v) is 14.8. The van der Waals surface area contributed by atoms with Crippen molar-refractivity contribution in [2.45, 2.75) is 25.8 Å². The van der Waals surface area contributed by atoms with Crippen molar-refractivity contribution in [2.75, 3.05) is 44.5 Å². The van der Waals surface area contributed by atoms with E-state index < -0.39 is 0 Å². The van der Waals surface area contributed by atoms with Gasteiger partial charge in [0.1, 0.15) is 0 Å². The number of carbonyl (C=O) groups excluding carboxylic acids is 2. The number of ether oxygens (including phenoxy) is 1. The normalized spacial score (nSPS) is 14.9. The van der Waals surface area contributed by atoms with E-state index >= 15 is 0 Å². The highest BCUT2D eigenvalue weighted by atomic mass is 16.5. The summed E-state index contributed by atoms with van der Waals surface area (Å²) in [6, 6.07) is 5.67. The number of nitrogens with one attached hydrogen (secondary N) is 2. The molecular formula is C17H26N4O3. The van der Waals surface area contributed by atoms with Crippen LogP contribution in [0.15, 0.2) is 18.2 Å². The lowest BCUT2D eigenvalue weighted by Crippen LogP contribution is -2.47. The maximum absolute atomic E-state index is 12.1. The van der Waals surface area contributed by atoms with E-state index in [9.17, 15) is 9.59 Å². The summed E-state index contributed by atoms with van der Waals surface area (Å²) >= 11 is 0. The molecule has 1 aliphatic rings. The van der Waals surface area contributed by atoms with Crippen LogP contribution in [0.2, 0.25) is 0 Å². The van der Waals surface area contributed by atoms with Crippen LogP contribution in [-0.2, 0) is 4.74 Å². The molecule has 1 fully saturated rings. The van der Waals surface area contributed by atoms with Gasteiger partial charge in [-0.15, -0.1) is 0 Å². The number of nitrogens with zero attached hydrogens (tertiary/aromatic N) is 2. The van der Waals surface area contributed by atoms with Crippen molar-refractivity contribution in [3.63, 3.8) is 0 Å². The van der Waals surface area contributed by atoms with E-state index in [2.05, 4.69) is 10.6 Å². The number of amides is 3. The van der Waals surface area contributed by atoms with Crippen molar-refractivity contribution < 1.29 is 14.3 Å². The van der Waals surface area contributed by atoms with E-state index in [1.54, 1.807) is 4.90 Å². The van der Waals surface area contributed by atoms with E-state index in [1.165, 1.54) is 7.11 Å². The third-order valence-corrected chi connectivity index (χ3v) is 4.20. The molecule has 1 heterocycles. The molecule has 2 N–H and O–H groups in total. The topological polar surface area (TPSA) is 73.9 Å². The number of piperidine rings is 1. The smallest absolute Gasteiger partial charge is 0.409 e. The first kappa shape index (κ1) is 17.9. The number of urea groups is 1. The number of benzene rings is 1. The van der Waals surface area contributed by atoms with E-state index in [1.807, 2.05) is 44.1 Å². The minimum absolute atomic E-state index is 0.0630. The molecule has 1 saturated heterocycles. The zero-order chi connectivity index (χ0) is 17.7. The molecule has 1 aromatic carbocycles. The molecule has 0 radical (unpaired) electrons. The molecule has 1 aromatic rings. The molecule has 0 saturated carbocycles. The first-order valence-electron chi connectivity index (χ1n) is 8.09. The van der Waals surface area contributed by atoms with Gasteiger partial charge < -0.3 is 25.2 Å². The van der Waals surface area contributed by atoms with E-state index in [-0.39, 0.29) is 18.2 Å². The summed E-state index contributed by atoms with van der Waals surface area (Å²) in [5.74, 6) is 0. The molecule has 0 spiro atoms. The number of rotatable bonds is 3. The predicted molar refractivity (Wildman–Crippen MR) is 94.7 cm³/mol. The Kier molecular flexibility index (Phi) is 5.89. The molecule has 24 heavy (non-hydrogen) atoms. The molecule has 0 unspecified atom stereocenters. The van der Waals surface area contributed by atoms with Crippen molar-refractivity contribution in [2.24, 2.45) is 0 Å². The van der Waals surface area contributed by atoms with Crippen LogP contribution in [0.3, 0.4) is 0 Å². The summed E-state index contributed by atoms with van der Waals surface area (Å²) in [6.45, 7) is 3.20. The minimum Gasteiger partial charge on any atom is -0.453 e. The summed E-state index contributed by atoms with van der Waals surface area (Å²) in [6.07, 6.45) is 1.14. The van der Waals surface area contributed by atoms with Crippen LogP contribution in [0.4, 0.5) is 21.0 Å². The Labute approximate surface area is 142 Å². The molecule has 0 atom stereocenters. The number of methoxy groups -OCH3 is 1. The fourth-order valence-electron chi connectivity index (χ4n) is 2.92. The number of aryl methyl sites for hydroxylation is 1. The summed E-state index contributed by atoms with van der Waals surface area (Å²) < 4.78 is 4.71. The van der Waals surface area contributed by atoms with Gasteiger partial charge >= 0.3 is 12.1 Å². The van der Waals surface area contributed by atoms with Gasteiger partial charge in [0, 0.05) is 44.6 Å². The highest BCUT2D eigenvalue weighted by molar-refractivity contribution is 5.90. The Hall–Kier alpha value is -2.44. The maximum atomic E-state index is 12.1. The van der Waals surface area contributed by atoms with Gasteiger partial charge in [-0.05, 0) is 43.5 Å². The molecule has 1 aliphatic heterocycles. The number of carbonyl (C=O) groups is 2. The molecule has 2 rings (SSSR count). The van der Waals surface area contributed by atoms with Crippen LogP contribution in [-0.4, -0.2) is 57.4 Å². The monoisotopic (exact) mass is 334 g/mol. The lowest BCUT2D eigenvalue weighted by atomic mass is 10.1. The quantitative estimate of drug-likeness (QED) is 0.890. The second kappa shape index (κ2) is 7.90. The van der Waals surface area contributed by atoms with Gasteiger partial charge in [0.15, 0.2) is 0 Å². The molecular weight excluding hydrogens is 308 g/mol. The van der Waals surface area contributed by atoms with Gasteiger partial charge in [-0.25, -0.2) is 9.59 Å². The first-order chi connectivity index (χ1) is 11.4. The lowest BCUT2D eigenvalue weighted by Gasteiger charge is -2.31. The van der Waals surface area contributed by atoms with Crippen LogP contribution in [0, 0.1) is 6.92 Å². The first-order valence-corrected chi connectivity index (χ1v) is 8.09. The van der Waals surface area contributed by atoms with Crippen molar-refractivity contribution in [3.8, 4) is 0 Å². The molecule has 3 amide bonds. The second-order valence-corrected chi connectivity index (χ2v) is 6.23.